The molecule has 0 aromatic carbocycles. The molecule has 4 nitrogen and oxygen atoms in total. The van der Waals surface area contributed by atoms with Gasteiger partial charge in [-0.3, -0.25) is 0 Å². The van der Waals surface area contributed by atoms with Crippen molar-refractivity contribution in [1.29, 1.82) is 0 Å². The van der Waals surface area contributed by atoms with E-state index in [1.165, 1.54) is 51.6 Å². The monoisotopic (exact) mass is 321 g/mol. The Labute approximate surface area is 134 Å². The molecule has 0 fully saturated rings. The molecule has 0 aliphatic carbocycles. The Morgan fingerprint density at radius 3 is 1.33 bits per heavy atom. The molecule has 0 spiro atoms. The van der Waals surface area contributed by atoms with Gasteiger partial charge in [0.1, 0.15) is 0 Å². The molecule has 0 saturated carbocycles. The summed E-state index contributed by atoms with van der Waals surface area (Å²) in [6, 6.07) is 0.885. The summed E-state index contributed by atoms with van der Waals surface area (Å²) in [5.41, 5.74) is 0. The van der Waals surface area contributed by atoms with Gasteiger partial charge < -0.3 is 18.6 Å². The maximum Gasteiger partial charge on any atom is 0.500 e. The van der Waals surface area contributed by atoms with E-state index in [1.54, 1.807) is 21.3 Å². The predicted octanol–water partition coefficient (Wildman–Crippen LogP) is 4.23. The Morgan fingerprint density at radius 1 is 0.667 bits per heavy atom. The predicted molar refractivity (Wildman–Crippen MR) is 93.8 cm³/mol. The molecular weight excluding hydrogens is 282 g/mol. The Balaban J connectivity index is 0. The quantitative estimate of drug-likeness (QED) is 0.407. The summed E-state index contributed by atoms with van der Waals surface area (Å²) in [6.07, 6.45) is 9.14. The lowest BCUT2D eigenvalue weighted by Crippen LogP contribution is -2.42. The lowest BCUT2D eigenvalue weighted by Gasteiger charge is -2.23. The van der Waals surface area contributed by atoms with Crippen LogP contribution in [0.15, 0.2) is 0 Å². The van der Waals surface area contributed by atoms with E-state index in [4.69, 9.17) is 13.3 Å². The fraction of sp³-hybridized carbons (Fsp3) is 1.00. The molecule has 0 aromatic heterocycles. The van der Waals surface area contributed by atoms with Crippen LogP contribution < -0.4 is 5.32 Å². The minimum Gasteiger partial charge on any atom is -0.377 e. The molecule has 0 saturated heterocycles. The van der Waals surface area contributed by atoms with Crippen LogP contribution in [-0.2, 0) is 13.3 Å². The molecule has 0 bridgehead atoms. The van der Waals surface area contributed by atoms with Gasteiger partial charge in [-0.25, -0.2) is 0 Å². The van der Waals surface area contributed by atoms with Crippen molar-refractivity contribution in [2.24, 2.45) is 0 Å². The highest BCUT2D eigenvalue weighted by molar-refractivity contribution is 6.60. The fourth-order valence-corrected chi connectivity index (χ4v) is 3.71. The van der Waals surface area contributed by atoms with Gasteiger partial charge >= 0.3 is 8.80 Å². The number of hydrogen-bond donors (Lipinski definition) is 1. The standard InChI is InChI=1S/C10H23N.C6H16O3Si/c1-3-5-7-9-11-10-8-6-4-2;1-5-6-10(7-2,8-3)9-4/h11H,3-10H2,1-2H3;5-6H2,1-4H3. The summed E-state index contributed by atoms with van der Waals surface area (Å²) in [4.78, 5) is 0. The third-order valence-electron chi connectivity index (χ3n) is 3.40. The summed E-state index contributed by atoms with van der Waals surface area (Å²) >= 11 is 0. The summed E-state index contributed by atoms with van der Waals surface area (Å²) < 4.78 is 15.5. The molecule has 0 amide bonds. The van der Waals surface area contributed by atoms with Crippen molar-refractivity contribution >= 4 is 8.80 Å². The maximum atomic E-state index is 5.17. The highest BCUT2D eigenvalue weighted by Gasteiger charge is 2.36. The van der Waals surface area contributed by atoms with Gasteiger partial charge in [-0.2, -0.15) is 0 Å². The third-order valence-corrected chi connectivity index (χ3v) is 6.38. The number of hydrogen-bond acceptors (Lipinski definition) is 4. The zero-order chi connectivity index (χ0) is 16.4. The van der Waals surface area contributed by atoms with Crippen LogP contribution in [0.3, 0.4) is 0 Å². The molecule has 0 heterocycles. The molecule has 0 aliphatic heterocycles. The van der Waals surface area contributed by atoms with Crippen LogP contribution in [0.4, 0.5) is 0 Å². The van der Waals surface area contributed by atoms with Crippen molar-refractivity contribution < 1.29 is 13.3 Å². The summed E-state index contributed by atoms with van der Waals surface area (Å²) in [5.74, 6) is 0. The van der Waals surface area contributed by atoms with Crippen LogP contribution in [0, 0.1) is 0 Å². The molecule has 0 atom stereocenters. The van der Waals surface area contributed by atoms with Crippen molar-refractivity contribution in [2.45, 2.75) is 71.8 Å². The lowest BCUT2D eigenvalue weighted by molar-refractivity contribution is 0.123. The average molecular weight is 322 g/mol. The molecule has 5 heteroatoms. The first-order valence-electron chi connectivity index (χ1n) is 8.52. The first kappa shape index (κ1) is 23.3. The van der Waals surface area contributed by atoms with Crippen molar-refractivity contribution in [2.75, 3.05) is 34.4 Å². The average Bonchev–Trinajstić information content (AvgIpc) is 2.53. The van der Waals surface area contributed by atoms with Gasteiger partial charge in [0.25, 0.3) is 0 Å². The van der Waals surface area contributed by atoms with E-state index in [2.05, 4.69) is 26.1 Å². The van der Waals surface area contributed by atoms with Gasteiger partial charge in [-0.1, -0.05) is 52.9 Å². The van der Waals surface area contributed by atoms with Crippen molar-refractivity contribution in [3.8, 4) is 0 Å². The van der Waals surface area contributed by atoms with E-state index in [0.29, 0.717) is 0 Å². The van der Waals surface area contributed by atoms with E-state index in [-0.39, 0.29) is 0 Å². The normalized spacial score (nSPS) is 11.1. The van der Waals surface area contributed by atoms with E-state index in [0.717, 1.165) is 12.5 Å². The molecule has 0 aromatic rings. The van der Waals surface area contributed by atoms with Crippen molar-refractivity contribution in [3.05, 3.63) is 0 Å². The number of unbranched alkanes of at least 4 members (excludes halogenated alkanes) is 4. The van der Waals surface area contributed by atoms with E-state index in [9.17, 15) is 0 Å². The lowest BCUT2D eigenvalue weighted by atomic mass is 10.2. The Bertz CT molecular complexity index is 174. The third kappa shape index (κ3) is 14.7. The highest BCUT2D eigenvalue weighted by atomic mass is 28.4. The largest absolute Gasteiger partial charge is 0.500 e. The maximum absolute atomic E-state index is 5.17. The van der Waals surface area contributed by atoms with Crippen molar-refractivity contribution in [1.82, 2.24) is 5.32 Å². The van der Waals surface area contributed by atoms with Gasteiger partial charge in [0.15, 0.2) is 0 Å². The van der Waals surface area contributed by atoms with Crippen LogP contribution in [0.2, 0.25) is 6.04 Å². The molecule has 0 radical (unpaired) electrons. The highest BCUT2D eigenvalue weighted by Crippen LogP contribution is 2.13. The Morgan fingerprint density at radius 2 is 1.10 bits per heavy atom. The van der Waals surface area contributed by atoms with Gasteiger partial charge in [-0.05, 0) is 25.9 Å². The number of rotatable bonds is 13. The summed E-state index contributed by atoms with van der Waals surface area (Å²) in [7, 11) is 2.68. The molecule has 0 rings (SSSR count). The van der Waals surface area contributed by atoms with E-state index < -0.39 is 8.80 Å². The summed E-state index contributed by atoms with van der Waals surface area (Å²) in [6.45, 7) is 9.02. The van der Waals surface area contributed by atoms with Crippen molar-refractivity contribution in [3.63, 3.8) is 0 Å². The number of nitrogens with one attached hydrogen (secondary N) is 1. The SMILES string of the molecule is CCCCCNCCCCC.CCC[Si](OC)(OC)OC. The molecule has 1 N–H and O–H groups in total. The molecule has 21 heavy (non-hydrogen) atoms. The first-order chi connectivity index (χ1) is 10.2. The van der Waals surface area contributed by atoms with Crippen LogP contribution in [0.25, 0.3) is 0 Å². The van der Waals surface area contributed by atoms with E-state index >= 15 is 0 Å². The molecule has 0 aliphatic rings. The second-order valence-electron chi connectivity index (χ2n) is 5.21. The van der Waals surface area contributed by atoms with Crippen LogP contribution in [0.1, 0.15) is 65.7 Å². The van der Waals surface area contributed by atoms with Gasteiger partial charge in [0, 0.05) is 27.4 Å². The van der Waals surface area contributed by atoms with E-state index in [1.807, 2.05) is 0 Å². The molecule has 130 valence electrons. The van der Waals surface area contributed by atoms with Crippen LogP contribution in [-0.4, -0.2) is 43.2 Å². The topological polar surface area (TPSA) is 39.7 Å². The minimum atomic E-state index is -2.22. The second kappa shape index (κ2) is 18.1. The molecular formula is C16H39NO3Si. The Kier molecular flexibility index (Phi) is 20.1. The van der Waals surface area contributed by atoms with Gasteiger partial charge in [-0.15, -0.1) is 0 Å². The first-order valence-corrected chi connectivity index (χ1v) is 10.5. The molecule has 0 unspecified atom stereocenters. The zero-order valence-electron chi connectivity index (χ0n) is 15.3. The minimum absolute atomic E-state index is 0.885. The van der Waals surface area contributed by atoms with Crippen LogP contribution in [0.5, 0.6) is 0 Å². The van der Waals surface area contributed by atoms with Gasteiger partial charge in [0.05, 0.1) is 0 Å². The summed E-state index contributed by atoms with van der Waals surface area (Å²) in [5, 5.41) is 3.46. The smallest absolute Gasteiger partial charge is 0.377 e. The fourth-order valence-electron chi connectivity index (χ4n) is 1.99. The second-order valence-corrected chi connectivity index (χ2v) is 8.30. The van der Waals surface area contributed by atoms with Crippen LogP contribution >= 0.6 is 0 Å². The Hall–Kier alpha value is 0.0569. The zero-order valence-corrected chi connectivity index (χ0v) is 16.3. The van der Waals surface area contributed by atoms with Gasteiger partial charge in [0.2, 0.25) is 0 Å².